The molecule has 0 spiro atoms. The van der Waals surface area contributed by atoms with Gasteiger partial charge in [-0.15, -0.1) is 0 Å². The van der Waals surface area contributed by atoms with Crippen molar-refractivity contribution in [3.63, 3.8) is 0 Å². The Labute approximate surface area is 106 Å². The molecule has 3 rings (SSSR count). The average molecular weight is 246 g/mol. The first-order valence-electron chi connectivity index (χ1n) is 6.54. The van der Waals surface area contributed by atoms with Gasteiger partial charge in [0.25, 0.3) is 0 Å². The van der Waals surface area contributed by atoms with E-state index in [-0.39, 0.29) is 0 Å². The SMILES string of the molecule is Nc1ccc(C(=O)O)cc1N(CC1CC1)C1CC1. The van der Waals surface area contributed by atoms with Crippen molar-refractivity contribution in [3.05, 3.63) is 23.8 Å². The van der Waals surface area contributed by atoms with Gasteiger partial charge in [0.1, 0.15) is 0 Å². The predicted molar refractivity (Wildman–Crippen MR) is 70.9 cm³/mol. The first kappa shape index (κ1) is 11.4. The molecule has 96 valence electrons. The molecule has 0 saturated heterocycles. The van der Waals surface area contributed by atoms with Gasteiger partial charge in [-0.25, -0.2) is 4.79 Å². The molecule has 2 fully saturated rings. The highest BCUT2D eigenvalue weighted by molar-refractivity contribution is 5.90. The van der Waals surface area contributed by atoms with Gasteiger partial charge < -0.3 is 15.7 Å². The molecular weight excluding hydrogens is 228 g/mol. The van der Waals surface area contributed by atoms with E-state index in [0.717, 1.165) is 18.2 Å². The first-order chi connectivity index (χ1) is 8.65. The van der Waals surface area contributed by atoms with Crippen LogP contribution in [0.25, 0.3) is 0 Å². The molecule has 3 N–H and O–H groups in total. The minimum atomic E-state index is -0.890. The second-order valence-corrected chi connectivity index (χ2v) is 5.41. The number of rotatable bonds is 5. The molecule has 0 atom stereocenters. The van der Waals surface area contributed by atoms with Crippen molar-refractivity contribution < 1.29 is 9.90 Å². The Balaban J connectivity index is 1.90. The summed E-state index contributed by atoms with van der Waals surface area (Å²) in [5.41, 5.74) is 7.93. The van der Waals surface area contributed by atoms with Crippen LogP contribution in [0.15, 0.2) is 18.2 Å². The number of aromatic carboxylic acids is 1. The van der Waals surface area contributed by atoms with Crippen LogP contribution >= 0.6 is 0 Å². The van der Waals surface area contributed by atoms with E-state index >= 15 is 0 Å². The fourth-order valence-corrected chi connectivity index (χ4v) is 2.33. The second kappa shape index (κ2) is 4.19. The first-order valence-corrected chi connectivity index (χ1v) is 6.54. The molecular formula is C14H18N2O2. The zero-order valence-corrected chi connectivity index (χ0v) is 10.3. The van der Waals surface area contributed by atoms with Crippen LogP contribution in [0.4, 0.5) is 11.4 Å². The second-order valence-electron chi connectivity index (χ2n) is 5.41. The van der Waals surface area contributed by atoms with Crippen molar-refractivity contribution in [1.82, 2.24) is 0 Å². The molecule has 2 aliphatic rings. The Bertz CT molecular complexity index is 479. The summed E-state index contributed by atoms with van der Waals surface area (Å²) >= 11 is 0. The number of carbonyl (C=O) groups is 1. The standard InChI is InChI=1S/C14H18N2O2/c15-12-6-3-10(14(17)18)7-13(12)16(11-4-5-11)8-9-1-2-9/h3,6-7,9,11H,1-2,4-5,8,15H2,(H,17,18). The van der Waals surface area contributed by atoms with Crippen LogP contribution in [0.3, 0.4) is 0 Å². The Morgan fingerprint density at radius 1 is 1.33 bits per heavy atom. The summed E-state index contributed by atoms with van der Waals surface area (Å²) < 4.78 is 0. The molecule has 0 amide bonds. The van der Waals surface area contributed by atoms with E-state index in [2.05, 4.69) is 4.90 Å². The molecule has 0 radical (unpaired) electrons. The van der Waals surface area contributed by atoms with Crippen molar-refractivity contribution in [1.29, 1.82) is 0 Å². The Hall–Kier alpha value is -1.71. The van der Waals surface area contributed by atoms with Crippen molar-refractivity contribution in [2.45, 2.75) is 31.7 Å². The Kier molecular flexibility index (Phi) is 2.65. The molecule has 2 aliphatic carbocycles. The van der Waals surface area contributed by atoms with Gasteiger partial charge in [0.15, 0.2) is 0 Å². The van der Waals surface area contributed by atoms with E-state index in [1.165, 1.54) is 25.7 Å². The van der Waals surface area contributed by atoms with Gasteiger partial charge in [-0.05, 0) is 49.8 Å². The maximum Gasteiger partial charge on any atom is 0.335 e. The van der Waals surface area contributed by atoms with E-state index in [1.807, 2.05) is 0 Å². The monoisotopic (exact) mass is 246 g/mol. The lowest BCUT2D eigenvalue weighted by atomic mass is 10.1. The third-order valence-electron chi connectivity index (χ3n) is 3.73. The minimum absolute atomic E-state index is 0.320. The van der Waals surface area contributed by atoms with Crippen molar-refractivity contribution in [2.75, 3.05) is 17.2 Å². The number of nitrogen functional groups attached to an aromatic ring is 1. The van der Waals surface area contributed by atoms with Crippen LogP contribution in [0.2, 0.25) is 0 Å². The van der Waals surface area contributed by atoms with Crippen molar-refractivity contribution >= 4 is 17.3 Å². The van der Waals surface area contributed by atoms with E-state index in [4.69, 9.17) is 10.8 Å². The molecule has 2 saturated carbocycles. The van der Waals surface area contributed by atoms with Crippen LogP contribution in [0.5, 0.6) is 0 Å². The molecule has 0 bridgehead atoms. The van der Waals surface area contributed by atoms with Crippen LogP contribution in [-0.2, 0) is 0 Å². The maximum atomic E-state index is 11.0. The fourth-order valence-electron chi connectivity index (χ4n) is 2.33. The maximum absolute atomic E-state index is 11.0. The lowest BCUT2D eigenvalue weighted by Crippen LogP contribution is -2.29. The number of nitrogens with two attached hydrogens (primary N) is 1. The summed E-state index contributed by atoms with van der Waals surface area (Å²) in [6.45, 7) is 1.03. The highest BCUT2D eigenvalue weighted by Crippen LogP contribution is 2.39. The van der Waals surface area contributed by atoms with Gasteiger partial charge in [0.2, 0.25) is 0 Å². The van der Waals surface area contributed by atoms with Crippen LogP contribution in [0, 0.1) is 5.92 Å². The van der Waals surface area contributed by atoms with E-state index in [1.54, 1.807) is 18.2 Å². The summed E-state index contributed by atoms with van der Waals surface area (Å²) in [7, 11) is 0. The molecule has 0 unspecified atom stereocenters. The molecule has 18 heavy (non-hydrogen) atoms. The Morgan fingerprint density at radius 2 is 2.06 bits per heavy atom. The van der Waals surface area contributed by atoms with Crippen LogP contribution in [-0.4, -0.2) is 23.7 Å². The van der Waals surface area contributed by atoms with Crippen molar-refractivity contribution in [2.24, 2.45) is 5.92 Å². The third-order valence-corrected chi connectivity index (χ3v) is 3.73. The van der Waals surface area contributed by atoms with Gasteiger partial charge in [-0.2, -0.15) is 0 Å². The molecule has 0 aromatic heterocycles. The highest BCUT2D eigenvalue weighted by atomic mass is 16.4. The van der Waals surface area contributed by atoms with Crippen LogP contribution in [0.1, 0.15) is 36.0 Å². The quantitative estimate of drug-likeness (QED) is 0.783. The van der Waals surface area contributed by atoms with Crippen LogP contribution < -0.4 is 10.6 Å². The number of carboxylic acids is 1. The molecule has 0 heterocycles. The van der Waals surface area contributed by atoms with Gasteiger partial charge in [-0.3, -0.25) is 0 Å². The number of anilines is 2. The summed E-state index contributed by atoms with van der Waals surface area (Å²) in [5, 5.41) is 9.07. The third kappa shape index (κ3) is 2.28. The zero-order chi connectivity index (χ0) is 12.7. The topological polar surface area (TPSA) is 66.6 Å². The number of hydrogen-bond donors (Lipinski definition) is 2. The lowest BCUT2D eigenvalue weighted by molar-refractivity contribution is 0.0697. The van der Waals surface area contributed by atoms with E-state index in [0.29, 0.717) is 17.3 Å². The zero-order valence-electron chi connectivity index (χ0n) is 10.3. The van der Waals surface area contributed by atoms with Crippen molar-refractivity contribution in [3.8, 4) is 0 Å². The lowest BCUT2D eigenvalue weighted by Gasteiger charge is -2.26. The molecule has 1 aromatic rings. The molecule has 1 aromatic carbocycles. The van der Waals surface area contributed by atoms with Gasteiger partial charge >= 0.3 is 5.97 Å². The Morgan fingerprint density at radius 3 is 2.61 bits per heavy atom. The van der Waals surface area contributed by atoms with E-state index in [9.17, 15) is 4.79 Å². The average Bonchev–Trinajstić information content (AvgIpc) is 3.20. The molecule has 0 aliphatic heterocycles. The minimum Gasteiger partial charge on any atom is -0.478 e. The number of nitrogens with zero attached hydrogens (tertiary/aromatic N) is 1. The largest absolute Gasteiger partial charge is 0.478 e. The summed E-state index contributed by atoms with van der Waals surface area (Å²) in [6.07, 6.45) is 4.98. The predicted octanol–water partition coefficient (Wildman–Crippen LogP) is 2.35. The molecule has 4 heteroatoms. The summed E-state index contributed by atoms with van der Waals surface area (Å²) in [6, 6.07) is 5.57. The summed E-state index contributed by atoms with van der Waals surface area (Å²) in [5.74, 6) is -0.114. The number of hydrogen-bond acceptors (Lipinski definition) is 3. The molecule has 4 nitrogen and oxygen atoms in total. The van der Waals surface area contributed by atoms with Gasteiger partial charge in [-0.1, -0.05) is 0 Å². The smallest absolute Gasteiger partial charge is 0.335 e. The summed E-state index contributed by atoms with van der Waals surface area (Å²) in [4.78, 5) is 13.4. The van der Waals surface area contributed by atoms with Gasteiger partial charge in [0.05, 0.1) is 16.9 Å². The number of benzene rings is 1. The van der Waals surface area contributed by atoms with E-state index < -0.39 is 5.97 Å². The fraction of sp³-hybridized carbons (Fsp3) is 0.500. The van der Waals surface area contributed by atoms with Gasteiger partial charge in [0, 0.05) is 12.6 Å². The normalized spacial score (nSPS) is 18.7. The number of carboxylic acid groups (broad SMARTS) is 1. The highest BCUT2D eigenvalue weighted by Gasteiger charge is 2.34.